The summed E-state index contributed by atoms with van der Waals surface area (Å²) in [4.78, 5) is 0. The Hall–Kier alpha value is -0.610. The highest BCUT2D eigenvalue weighted by molar-refractivity contribution is 9.10. The second-order valence-electron chi connectivity index (χ2n) is 2.65. The summed E-state index contributed by atoms with van der Waals surface area (Å²) in [6, 6.07) is 4.72. The molecule has 0 radical (unpaired) electrons. The van der Waals surface area contributed by atoms with Crippen molar-refractivity contribution >= 4 is 15.9 Å². The number of benzene rings is 1. The molecule has 1 aromatic rings. The smallest absolute Gasteiger partial charge is 0.120 e. The van der Waals surface area contributed by atoms with Crippen LogP contribution in [0.25, 0.3) is 0 Å². The summed E-state index contributed by atoms with van der Waals surface area (Å²) in [6.07, 6.45) is 0. The highest BCUT2D eigenvalue weighted by Crippen LogP contribution is 2.26. The fourth-order valence-corrected chi connectivity index (χ4v) is 1.67. The van der Waals surface area contributed by atoms with Gasteiger partial charge in [-0.1, -0.05) is 22.0 Å². The molecule has 0 amide bonds. The molecular weight excluding hydrogens is 237 g/mol. The molecule has 0 heterocycles. The van der Waals surface area contributed by atoms with Gasteiger partial charge in [-0.25, -0.2) is 4.39 Å². The lowest BCUT2D eigenvalue weighted by molar-refractivity contribution is 0.412. The van der Waals surface area contributed by atoms with E-state index < -0.39 is 12.7 Å². The predicted octanol–water partition coefficient (Wildman–Crippen LogP) is 2.43. The second kappa shape index (κ2) is 4.58. The van der Waals surface area contributed by atoms with Crippen molar-refractivity contribution in [1.82, 2.24) is 0 Å². The molecule has 0 aliphatic rings. The number of hydrogen-bond acceptors (Lipinski definition) is 2. The third-order valence-corrected chi connectivity index (χ3v) is 2.46. The van der Waals surface area contributed by atoms with Crippen LogP contribution in [0.2, 0.25) is 0 Å². The molecule has 2 nitrogen and oxygen atoms in total. The summed E-state index contributed by atoms with van der Waals surface area (Å²) in [5.74, 6) is 0.724. The standard InChI is InChI=1S/C9H11BrFNO/c1-13-6-2-3-7(8(10)4-6)9(12)5-11/h2-4,9H,5,12H2,1H3/t9-/m1/s1. The average molecular weight is 248 g/mol. The molecule has 4 heteroatoms. The van der Waals surface area contributed by atoms with E-state index in [1.807, 2.05) is 0 Å². The third-order valence-electron chi connectivity index (χ3n) is 1.77. The fraction of sp³-hybridized carbons (Fsp3) is 0.333. The van der Waals surface area contributed by atoms with Crippen LogP contribution in [-0.4, -0.2) is 13.8 Å². The Labute approximate surface area is 85.0 Å². The Bertz CT molecular complexity index is 293. The van der Waals surface area contributed by atoms with Crippen LogP contribution >= 0.6 is 15.9 Å². The summed E-state index contributed by atoms with van der Waals surface area (Å²) < 4.78 is 18.0. The molecule has 0 aliphatic heterocycles. The molecule has 72 valence electrons. The molecular formula is C9H11BrFNO. The topological polar surface area (TPSA) is 35.2 Å². The lowest BCUT2D eigenvalue weighted by Gasteiger charge is -2.10. The Kier molecular flexibility index (Phi) is 3.69. The maximum absolute atomic E-state index is 12.3. The number of hydrogen-bond donors (Lipinski definition) is 1. The number of methoxy groups -OCH3 is 1. The highest BCUT2D eigenvalue weighted by Gasteiger charge is 2.09. The van der Waals surface area contributed by atoms with Crippen molar-refractivity contribution in [2.45, 2.75) is 6.04 Å². The van der Waals surface area contributed by atoms with Crippen LogP contribution in [-0.2, 0) is 0 Å². The monoisotopic (exact) mass is 247 g/mol. The molecule has 0 spiro atoms. The van der Waals surface area contributed by atoms with Crippen molar-refractivity contribution in [3.8, 4) is 5.75 Å². The SMILES string of the molecule is COc1ccc([C@H](N)CF)c(Br)c1. The van der Waals surface area contributed by atoms with Gasteiger partial charge in [0.25, 0.3) is 0 Å². The molecule has 0 unspecified atom stereocenters. The first-order valence-corrected chi connectivity index (χ1v) is 4.63. The van der Waals surface area contributed by atoms with Crippen LogP contribution in [0.4, 0.5) is 4.39 Å². The van der Waals surface area contributed by atoms with Gasteiger partial charge in [0.2, 0.25) is 0 Å². The van der Waals surface area contributed by atoms with Crippen LogP contribution in [0.5, 0.6) is 5.75 Å². The van der Waals surface area contributed by atoms with Crippen molar-refractivity contribution in [2.24, 2.45) is 5.73 Å². The number of alkyl halides is 1. The third kappa shape index (κ3) is 2.42. The van der Waals surface area contributed by atoms with Gasteiger partial charge in [0, 0.05) is 4.47 Å². The van der Waals surface area contributed by atoms with Crippen LogP contribution < -0.4 is 10.5 Å². The van der Waals surface area contributed by atoms with Gasteiger partial charge in [-0.3, -0.25) is 0 Å². The minimum atomic E-state index is -0.569. The number of ether oxygens (including phenoxy) is 1. The molecule has 1 atom stereocenters. The van der Waals surface area contributed by atoms with Gasteiger partial charge in [0.1, 0.15) is 12.4 Å². The van der Waals surface area contributed by atoms with Gasteiger partial charge in [-0.2, -0.15) is 0 Å². The fourth-order valence-electron chi connectivity index (χ4n) is 1.02. The minimum absolute atomic E-state index is 0.565. The van der Waals surface area contributed by atoms with Crippen molar-refractivity contribution in [2.75, 3.05) is 13.8 Å². The average Bonchev–Trinajstić information content (AvgIpc) is 2.16. The summed E-state index contributed by atoms with van der Waals surface area (Å²) in [6.45, 7) is -0.565. The molecule has 13 heavy (non-hydrogen) atoms. The molecule has 1 aromatic carbocycles. The van der Waals surface area contributed by atoms with Crippen LogP contribution in [0.15, 0.2) is 22.7 Å². The molecule has 0 bridgehead atoms. The van der Waals surface area contributed by atoms with E-state index >= 15 is 0 Å². The van der Waals surface area contributed by atoms with E-state index in [9.17, 15) is 4.39 Å². The summed E-state index contributed by atoms with van der Waals surface area (Å²) in [7, 11) is 1.58. The molecule has 1 rings (SSSR count). The summed E-state index contributed by atoms with van der Waals surface area (Å²) >= 11 is 3.30. The molecule has 0 fully saturated rings. The Morgan fingerprint density at radius 2 is 2.31 bits per heavy atom. The molecule has 0 aliphatic carbocycles. The van der Waals surface area contributed by atoms with Gasteiger partial charge in [-0.05, 0) is 17.7 Å². The summed E-state index contributed by atoms with van der Waals surface area (Å²) in [5, 5.41) is 0. The van der Waals surface area contributed by atoms with E-state index in [4.69, 9.17) is 10.5 Å². The lowest BCUT2D eigenvalue weighted by Crippen LogP contribution is -2.12. The zero-order valence-electron chi connectivity index (χ0n) is 7.26. The van der Waals surface area contributed by atoms with E-state index in [-0.39, 0.29) is 0 Å². The minimum Gasteiger partial charge on any atom is -0.497 e. The molecule has 0 saturated heterocycles. The van der Waals surface area contributed by atoms with E-state index in [1.165, 1.54) is 0 Å². The first kappa shape index (κ1) is 10.5. The zero-order chi connectivity index (χ0) is 9.84. The first-order chi connectivity index (χ1) is 6.19. The van der Waals surface area contributed by atoms with Gasteiger partial charge < -0.3 is 10.5 Å². The Morgan fingerprint density at radius 1 is 1.62 bits per heavy atom. The van der Waals surface area contributed by atoms with Crippen molar-refractivity contribution in [3.05, 3.63) is 28.2 Å². The van der Waals surface area contributed by atoms with Gasteiger partial charge in [0.05, 0.1) is 13.2 Å². The molecule has 2 N–H and O–H groups in total. The normalized spacial score (nSPS) is 12.6. The summed E-state index contributed by atoms with van der Waals surface area (Å²) in [5.41, 5.74) is 6.29. The molecule has 0 aromatic heterocycles. The molecule has 0 saturated carbocycles. The van der Waals surface area contributed by atoms with Crippen LogP contribution in [0.1, 0.15) is 11.6 Å². The van der Waals surface area contributed by atoms with Gasteiger partial charge >= 0.3 is 0 Å². The zero-order valence-corrected chi connectivity index (χ0v) is 8.84. The Morgan fingerprint density at radius 3 is 2.77 bits per heavy atom. The maximum atomic E-state index is 12.3. The van der Waals surface area contributed by atoms with Crippen molar-refractivity contribution < 1.29 is 9.13 Å². The van der Waals surface area contributed by atoms with Crippen LogP contribution in [0.3, 0.4) is 0 Å². The second-order valence-corrected chi connectivity index (χ2v) is 3.50. The first-order valence-electron chi connectivity index (χ1n) is 3.84. The predicted molar refractivity (Wildman–Crippen MR) is 53.6 cm³/mol. The number of nitrogens with two attached hydrogens (primary N) is 1. The van der Waals surface area contributed by atoms with E-state index in [2.05, 4.69) is 15.9 Å². The van der Waals surface area contributed by atoms with E-state index in [1.54, 1.807) is 25.3 Å². The highest BCUT2D eigenvalue weighted by atomic mass is 79.9. The van der Waals surface area contributed by atoms with Gasteiger partial charge in [0.15, 0.2) is 0 Å². The number of rotatable bonds is 3. The van der Waals surface area contributed by atoms with Crippen molar-refractivity contribution in [1.29, 1.82) is 0 Å². The van der Waals surface area contributed by atoms with E-state index in [0.29, 0.717) is 0 Å². The Balaban J connectivity index is 2.98. The van der Waals surface area contributed by atoms with E-state index in [0.717, 1.165) is 15.8 Å². The van der Waals surface area contributed by atoms with Gasteiger partial charge in [-0.15, -0.1) is 0 Å². The lowest BCUT2D eigenvalue weighted by atomic mass is 10.1. The van der Waals surface area contributed by atoms with Crippen LogP contribution in [0, 0.1) is 0 Å². The largest absolute Gasteiger partial charge is 0.497 e. The number of halogens is 2. The van der Waals surface area contributed by atoms with Crippen molar-refractivity contribution in [3.63, 3.8) is 0 Å². The quantitative estimate of drug-likeness (QED) is 0.891. The maximum Gasteiger partial charge on any atom is 0.120 e.